The molecule has 1 N–H and O–H groups in total. The van der Waals surface area contributed by atoms with E-state index in [1.807, 2.05) is 32.0 Å². The van der Waals surface area contributed by atoms with Gasteiger partial charge in [0.15, 0.2) is 0 Å². The van der Waals surface area contributed by atoms with Gasteiger partial charge >= 0.3 is 0 Å². The fourth-order valence-electron chi connectivity index (χ4n) is 2.15. The molecule has 1 aromatic carbocycles. The highest BCUT2D eigenvalue weighted by Crippen LogP contribution is 2.18. The number of benzene rings is 1. The van der Waals surface area contributed by atoms with E-state index in [0.29, 0.717) is 11.4 Å². The summed E-state index contributed by atoms with van der Waals surface area (Å²) in [5.41, 5.74) is 3.43. The van der Waals surface area contributed by atoms with E-state index in [1.165, 1.54) is 0 Å². The normalized spacial score (nSPS) is 9.91. The van der Waals surface area contributed by atoms with Gasteiger partial charge in [0.05, 0.1) is 12.1 Å². The van der Waals surface area contributed by atoms with Crippen LogP contribution in [0.1, 0.15) is 16.7 Å². The number of carbonyl (C=O) groups is 1. The Balaban J connectivity index is 2.09. The number of nitrogens with one attached hydrogen (secondary N) is 1. The molecule has 0 fully saturated rings. The lowest BCUT2D eigenvalue weighted by molar-refractivity contribution is -0.114. The minimum absolute atomic E-state index is 0.124. The molecule has 0 bridgehead atoms. The van der Waals surface area contributed by atoms with Crippen molar-refractivity contribution in [2.45, 2.75) is 13.8 Å². The summed E-state index contributed by atoms with van der Waals surface area (Å²) in [6, 6.07) is 11.3. The zero-order valence-electron chi connectivity index (χ0n) is 12.9. The first-order valence-corrected chi connectivity index (χ1v) is 6.95. The second-order valence-electron chi connectivity index (χ2n) is 5.14. The van der Waals surface area contributed by atoms with Crippen LogP contribution in [0.4, 0.5) is 11.5 Å². The monoisotopic (exact) mass is 294 g/mol. The summed E-state index contributed by atoms with van der Waals surface area (Å²) >= 11 is 0. The third-order valence-corrected chi connectivity index (χ3v) is 3.53. The Morgan fingerprint density at radius 1 is 1.32 bits per heavy atom. The van der Waals surface area contributed by atoms with Gasteiger partial charge in [-0.3, -0.25) is 4.79 Å². The third-order valence-electron chi connectivity index (χ3n) is 3.53. The van der Waals surface area contributed by atoms with E-state index in [4.69, 9.17) is 5.26 Å². The van der Waals surface area contributed by atoms with Gasteiger partial charge in [-0.1, -0.05) is 12.1 Å². The molecule has 5 heteroatoms. The average Bonchev–Trinajstić information content (AvgIpc) is 2.51. The fourth-order valence-corrected chi connectivity index (χ4v) is 2.15. The molecule has 22 heavy (non-hydrogen) atoms. The largest absolute Gasteiger partial charge is 0.349 e. The SMILES string of the molecule is Cc1cccc(NC(=O)CN(C)c2ncccc2C#N)c1C. The number of anilines is 2. The van der Waals surface area contributed by atoms with Gasteiger partial charge in [0.25, 0.3) is 0 Å². The first kappa shape index (κ1) is 15.5. The Morgan fingerprint density at radius 2 is 2.09 bits per heavy atom. The maximum Gasteiger partial charge on any atom is 0.243 e. The van der Waals surface area contributed by atoms with Crippen molar-refractivity contribution in [3.63, 3.8) is 0 Å². The molecule has 0 aliphatic heterocycles. The van der Waals surface area contributed by atoms with E-state index in [9.17, 15) is 4.79 Å². The number of nitrogens with zero attached hydrogens (tertiary/aromatic N) is 3. The number of aromatic nitrogens is 1. The van der Waals surface area contributed by atoms with Crippen molar-refractivity contribution in [2.75, 3.05) is 23.8 Å². The highest BCUT2D eigenvalue weighted by atomic mass is 16.2. The molecule has 0 unspecified atom stereocenters. The predicted molar refractivity (Wildman–Crippen MR) is 86.8 cm³/mol. The molecule has 0 atom stereocenters. The molecule has 0 aliphatic rings. The Bertz CT molecular complexity index is 734. The molecule has 0 saturated heterocycles. The molecule has 1 heterocycles. The van der Waals surface area contributed by atoms with Crippen molar-refractivity contribution in [1.82, 2.24) is 4.98 Å². The van der Waals surface area contributed by atoms with Gasteiger partial charge in [-0.05, 0) is 43.2 Å². The summed E-state index contributed by atoms with van der Waals surface area (Å²) in [6.45, 7) is 4.10. The zero-order chi connectivity index (χ0) is 16.1. The summed E-state index contributed by atoms with van der Waals surface area (Å²) < 4.78 is 0. The summed E-state index contributed by atoms with van der Waals surface area (Å²) in [6.07, 6.45) is 1.61. The summed E-state index contributed by atoms with van der Waals surface area (Å²) in [5, 5.41) is 12.0. The van der Waals surface area contributed by atoms with Gasteiger partial charge < -0.3 is 10.2 Å². The quantitative estimate of drug-likeness (QED) is 0.941. The van der Waals surface area contributed by atoms with Crippen LogP contribution in [0.15, 0.2) is 36.5 Å². The van der Waals surface area contributed by atoms with Gasteiger partial charge in [-0.15, -0.1) is 0 Å². The van der Waals surface area contributed by atoms with Crippen LogP contribution < -0.4 is 10.2 Å². The van der Waals surface area contributed by atoms with Crippen molar-refractivity contribution >= 4 is 17.4 Å². The summed E-state index contributed by atoms with van der Waals surface area (Å²) in [4.78, 5) is 18.0. The lowest BCUT2D eigenvalue weighted by Gasteiger charge is -2.19. The van der Waals surface area contributed by atoms with Crippen LogP contribution in [0.5, 0.6) is 0 Å². The number of hydrogen-bond donors (Lipinski definition) is 1. The number of likely N-dealkylation sites (N-methyl/N-ethyl adjacent to an activating group) is 1. The van der Waals surface area contributed by atoms with Crippen LogP contribution >= 0.6 is 0 Å². The van der Waals surface area contributed by atoms with Crippen LogP contribution in [0, 0.1) is 25.2 Å². The highest BCUT2D eigenvalue weighted by Gasteiger charge is 2.13. The van der Waals surface area contributed by atoms with Gasteiger partial charge in [-0.2, -0.15) is 5.26 Å². The molecule has 0 saturated carbocycles. The molecule has 1 aromatic heterocycles. The summed E-state index contributed by atoms with van der Waals surface area (Å²) in [5.74, 6) is 0.354. The van der Waals surface area contributed by atoms with Crippen LogP contribution in [-0.4, -0.2) is 24.5 Å². The Kier molecular flexibility index (Phi) is 4.74. The molecule has 112 valence electrons. The number of rotatable bonds is 4. The molecule has 5 nitrogen and oxygen atoms in total. The Labute approximate surface area is 130 Å². The second-order valence-corrected chi connectivity index (χ2v) is 5.14. The van der Waals surface area contributed by atoms with Gasteiger partial charge in [0.1, 0.15) is 11.9 Å². The van der Waals surface area contributed by atoms with E-state index >= 15 is 0 Å². The van der Waals surface area contributed by atoms with Crippen LogP contribution in [-0.2, 0) is 4.79 Å². The van der Waals surface area contributed by atoms with Crippen molar-refractivity contribution in [1.29, 1.82) is 5.26 Å². The standard InChI is InChI=1S/C17H18N4O/c1-12-6-4-8-15(13(12)2)20-16(22)11-21(3)17-14(10-18)7-5-9-19-17/h4-9H,11H2,1-3H3,(H,20,22). The lowest BCUT2D eigenvalue weighted by Crippen LogP contribution is -2.31. The molecular weight excluding hydrogens is 276 g/mol. The maximum atomic E-state index is 12.2. The smallest absolute Gasteiger partial charge is 0.243 e. The molecule has 2 rings (SSSR count). The van der Waals surface area contributed by atoms with Gasteiger partial charge in [0.2, 0.25) is 5.91 Å². The third kappa shape index (κ3) is 3.41. The van der Waals surface area contributed by atoms with Crippen molar-refractivity contribution < 1.29 is 4.79 Å². The average molecular weight is 294 g/mol. The van der Waals surface area contributed by atoms with Crippen molar-refractivity contribution in [3.05, 3.63) is 53.2 Å². The molecule has 0 aliphatic carbocycles. The number of aryl methyl sites for hydroxylation is 1. The lowest BCUT2D eigenvalue weighted by atomic mass is 10.1. The Morgan fingerprint density at radius 3 is 2.82 bits per heavy atom. The van der Waals surface area contributed by atoms with Crippen LogP contribution in [0.25, 0.3) is 0 Å². The summed E-state index contributed by atoms with van der Waals surface area (Å²) in [7, 11) is 1.74. The van der Waals surface area contributed by atoms with Gasteiger partial charge in [0, 0.05) is 18.9 Å². The van der Waals surface area contributed by atoms with Crippen molar-refractivity contribution in [2.24, 2.45) is 0 Å². The predicted octanol–water partition coefficient (Wildman–Crippen LogP) is 2.65. The first-order chi connectivity index (χ1) is 10.5. The molecule has 0 spiro atoms. The van der Waals surface area contributed by atoms with Crippen molar-refractivity contribution in [3.8, 4) is 6.07 Å². The molecule has 0 radical (unpaired) electrons. The number of carbonyl (C=O) groups excluding carboxylic acids is 1. The van der Waals surface area contributed by atoms with E-state index in [2.05, 4.69) is 16.4 Å². The minimum atomic E-state index is -0.147. The van der Waals surface area contributed by atoms with E-state index in [1.54, 1.807) is 30.3 Å². The van der Waals surface area contributed by atoms with Gasteiger partial charge in [-0.25, -0.2) is 4.98 Å². The number of nitriles is 1. The number of amides is 1. The fraction of sp³-hybridized carbons (Fsp3) is 0.235. The van der Waals surface area contributed by atoms with E-state index in [-0.39, 0.29) is 12.5 Å². The minimum Gasteiger partial charge on any atom is -0.349 e. The van der Waals surface area contributed by atoms with E-state index < -0.39 is 0 Å². The number of hydrogen-bond acceptors (Lipinski definition) is 4. The molecular formula is C17H18N4O. The second kappa shape index (κ2) is 6.72. The molecule has 2 aromatic rings. The zero-order valence-corrected chi connectivity index (χ0v) is 12.9. The Hall–Kier alpha value is -2.87. The number of pyridine rings is 1. The van der Waals surface area contributed by atoms with E-state index in [0.717, 1.165) is 16.8 Å². The molecule has 1 amide bonds. The van der Waals surface area contributed by atoms with Crippen LogP contribution in [0.3, 0.4) is 0 Å². The topological polar surface area (TPSA) is 69.0 Å². The van der Waals surface area contributed by atoms with Crippen LogP contribution in [0.2, 0.25) is 0 Å². The highest BCUT2D eigenvalue weighted by molar-refractivity contribution is 5.94. The maximum absolute atomic E-state index is 12.2. The first-order valence-electron chi connectivity index (χ1n) is 6.95.